The topological polar surface area (TPSA) is 35.6 Å². The van der Waals surface area contributed by atoms with Crippen LogP contribution in [0.5, 0.6) is 0 Å². The molecule has 0 saturated heterocycles. The Bertz CT molecular complexity index is 3500. The summed E-state index contributed by atoms with van der Waals surface area (Å²) >= 11 is 1.71. The molecule has 256 valence electrons. The van der Waals surface area contributed by atoms with Crippen LogP contribution in [-0.2, 0) is 0 Å². The molecule has 0 aliphatic carbocycles. The third-order valence-electron chi connectivity index (χ3n) is 11.2. The SMILES string of the molecule is c1ccc(-n2c3ccccc3c3cc(-c4ccc5c6ccccc6n(-c6cccc(-c7cnc8c(n7)sc7ccc9ccccc9c78)c6)c5c4)ccc32)cc1. The van der Waals surface area contributed by atoms with Crippen molar-refractivity contribution in [3.05, 3.63) is 182 Å². The Hall–Kier alpha value is -7.08. The minimum absolute atomic E-state index is 0.870. The maximum Gasteiger partial charge on any atom is 0.143 e. The van der Waals surface area contributed by atoms with Gasteiger partial charge in [-0.3, -0.25) is 4.98 Å². The number of rotatable bonds is 4. The quantitative estimate of drug-likeness (QED) is 0.182. The molecule has 0 radical (unpaired) electrons. The molecule has 0 bridgehead atoms. The summed E-state index contributed by atoms with van der Waals surface area (Å²) in [5, 5.41) is 8.59. The van der Waals surface area contributed by atoms with E-state index in [4.69, 9.17) is 9.97 Å². The second kappa shape index (κ2) is 11.7. The first kappa shape index (κ1) is 30.4. The Balaban J connectivity index is 1.01. The van der Waals surface area contributed by atoms with Gasteiger partial charge in [-0.2, -0.15) is 0 Å². The number of hydrogen-bond donors (Lipinski definition) is 0. The van der Waals surface area contributed by atoms with E-state index in [1.165, 1.54) is 75.6 Å². The number of hydrogen-bond acceptors (Lipinski definition) is 3. The molecular formula is C50H30N4S. The number of aromatic nitrogens is 4. The van der Waals surface area contributed by atoms with Gasteiger partial charge in [0.1, 0.15) is 10.3 Å². The Kier molecular flexibility index (Phi) is 6.47. The lowest BCUT2D eigenvalue weighted by Crippen LogP contribution is -1.95. The molecule has 5 heteroatoms. The lowest BCUT2D eigenvalue weighted by Gasteiger charge is -2.11. The predicted octanol–water partition coefficient (Wildman–Crippen LogP) is 13.5. The lowest BCUT2D eigenvalue weighted by molar-refractivity contribution is 1.18. The fraction of sp³-hybridized carbons (Fsp3) is 0. The van der Waals surface area contributed by atoms with E-state index in [2.05, 4.69) is 185 Å². The summed E-state index contributed by atoms with van der Waals surface area (Å²) in [6.45, 7) is 0. The van der Waals surface area contributed by atoms with E-state index >= 15 is 0 Å². The fourth-order valence-electron chi connectivity index (χ4n) is 8.68. The van der Waals surface area contributed by atoms with Gasteiger partial charge in [0.25, 0.3) is 0 Å². The van der Waals surface area contributed by atoms with Crippen molar-refractivity contribution >= 4 is 86.2 Å². The predicted molar refractivity (Wildman–Crippen MR) is 232 cm³/mol. The highest BCUT2D eigenvalue weighted by atomic mass is 32.1. The van der Waals surface area contributed by atoms with Crippen molar-refractivity contribution < 1.29 is 0 Å². The smallest absolute Gasteiger partial charge is 0.143 e. The molecule has 0 fully saturated rings. The molecule has 55 heavy (non-hydrogen) atoms. The summed E-state index contributed by atoms with van der Waals surface area (Å²) in [6, 6.07) is 63.5. The molecule has 4 heterocycles. The number of para-hydroxylation sites is 3. The van der Waals surface area contributed by atoms with Gasteiger partial charge in [0.15, 0.2) is 0 Å². The Morgan fingerprint density at radius 2 is 1.07 bits per heavy atom. The molecule has 8 aromatic carbocycles. The van der Waals surface area contributed by atoms with Crippen LogP contribution >= 0.6 is 11.3 Å². The van der Waals surface area contributed by atoms with Gasteiger partial charge in [-0.05, 0) is 82.6 Å². The van der Waals surface area contributed by atoms with Crippen LogP contribution < -0.4 is 0 Å². The fourth-order valence-corrected chi connectivity index (χ4v) is 9.73. The first-order valence-electron chi connectivity index (χ1n) is 18.6. The monoisotopic (exact) mass is 718 g/mol. The summed E-state index contributed by atoms with van der Waals surface area (Å²) in [5.74, 6) is 0. The van der Waals surface area contributed by atoms with Gasteiger partial charge in [-0.15, -0.1) is 11.3 Å². The summed E-state index contributed by atoms with van der Waals surface area (Å²) in [6.07, 6.45) is 1.93. The van der Waals surface area contributed by atoms with E-state index < -0.39 is 0 Å². The van der Waals surface area contributed by atoms with Crippen LogP contribution in [-0.4, -0.2) is 19.1 Å². The highest BCUT2D eigenvalue weighted by Crippen LogP contribution is 2.40. The van der Waals surface area contributed by atoms with E-state index in [0.29, 0.717) is 0 Å². The van der Waals surface area contributed by atoms with Crippen LogP contribution in [0, 0.1) is 0 Å². The van der Waals surface area contributed by atoms with Crippen molar-refractivity contribution in [3.63, 3.8) is 0 Å². The summed E-state index contributed by atoms with van der Waals surface area (Å²) in [4.78, 5) is 11.2. The molecule has 0 unspecified atom stereocenters. The maximum atomic E-state index is 5.20. The van der Waals surface area contributed by atoms with E-state index in [1.807, 2.05) is 6.20 Å². The van der Waals surface area contributed by atoms with Crippen LogP contribution in [0.2, 0.25) is 0 Å². The van der Waals surface area contributed by atoms with Gasteiger partial charge in [-0.25, -0.2) is 4.98 Å². The van der Waals surface area contributed by atoms with E-state index in [0.717, 1.165) is 33.0 Å². The van der Waals surface area contributed by atoms with E-state index in [9.17, 15) is 0 Å². The van der Waals surface area contributed by atoms with Gasteiger partial charge in [0.2, 0.25) is 0 Å². The summed E-state index contributed by atoms with van der Waals surface area (Å²) in [7, 11) is 0. The molecule has 12 aromatic rings. The molecule has 0 N–H and O–H groups in total. The Morgan fingerprint density at radius 1 is 0.418 bits per heavy atom. The largest absolute Gasteiger partial charge is 0.309 e. The van der Waals surface area contributed by atoms with Crippen LogP contribution in [0.4, 0.5) is 0 Å². The van der Waals surface area contributed by atoms with Crippen molar-refractivity contribution in [1.29, 1.82) is 0 Å². The molecule has 0 aliphatic rings. The Morgan fingerprint density at radius 3 is 1.93 bits per heavy atom. The van der Waals surface area contributed by atoms with Gasteiger partial charge >= 0.3 is 0 Å². The number of fused-ring (bicyclic) bond motifs is 11. The highest BCUT2D eigenvalue weighted by Gasteiger charge is 2.17. The average molecular weight is 719 g/mol. The maximum absolute atomic E-state index is 5.20. The van der Waals surface area contributed by atoms with Crippen LogP contribution in [0.3, 0.4) is 0 Å². The van der Waals surface area contributed by atoms with Crippen molar-refractivity contribution in [2.45, 2.75) is 0 Å². The third-order valence-corrected chi connectivity index (χ3v) is 12.2. The number of thiophene rings is 1. The van der Waals surface area contributed by atoms with Crippen molar-refractivity contribution in [2.75, 3.05) is 0 Å². The first-order valence-corrected chi connectivity index (χ1v) is 19.4. The van der Waals surface area contributed by atoms with Crippen molar-refractivity contribution in [1.82, 2.24) is 19.1 Å². The molecule has 0 atom stereocenters. The van der Waals surface area contributed by atoms with Gasteiger partial charge in [-0.1, -0.05) is 115 Å². The zero-order chi connectivity index (χ0) is 36.0. The first-order chi connectivity index (χ1) is 27.3. The second-order valence-corrected chi connectivity index (χ2v) is 15.3. The van der Waals surface area contributed by atoms with Crippen molar-refractivity contribution in [2.24, 2.45) is 0 Å². The third kappa shape index (κ3) is 4.57. The summed E-state index contributed by atoms with van der Waals surface area (Å²) < 4.78 is 5.98. The highest BCUT2D eigenvalue weighted by molar-refractivity contribution is 7.25. The van der Waals surface area contributed by atoms with Gasteiger partial charge in [0.05, 0.1) is 34.0 Å². The summed E-state index contributed by atoms with van der Waals surface area (Å²) in [5.41, 5.74) is 12.3. The standard InChI is InChI=1S/C50H30N4S/c1-2-13-35(14-3-1)53-44-20-9-7-18-39(44)41-28-32(22-25-45(41)53)33-21-24-40-38-17-6-8-19-43(38)54(46(40)29-33)36-15-10-12-34(27-36)42-30-51-49-48-37-16-5-4-11-31(37)23-26-47(48)55-50(49)52-42/h1-30H. The van der Waals surface area contributed by atoms with Crippen LogP contribution in [0.15, 0.2) is 182 Å². The average Bonchev–Trinajstić information content (AvgIpc) is 3.91. The van der Waals surface area contributed by atoms with E-state index in [-0.39, 0.29) is 0 Å². The molecule has 0 amide bonds. The zero-order valence-corrected chi connectivity index (χ0v) is 30.3. The minimum atomic E-state index is 0.870. The van der Waals surface area contributed by atoms with Crippen molar-refractivity contribution in [3.8, 4) is 33.8 Å². The van der Waals surface area contributed by atoms with E-state index in [1.54, 1.807) is 11.3 Å². The molecule has 4 aromatic heterocycles. The molecule has 4 nitrogen and oxygen atoms in total. The molecule has 0 saturated carbocycles. The minimum Gasteiger partial charge on any atom is -0.309 e. The zero-order valence-electron chi connectivity index (χ0n) is 29.5. The normalized spacial score (nSPS) is 12.0. The number of benzene rings is 8. The lowest BCUT2D eigenvalue weighted by atomic mass is 10.0. The molecular weight excluding hydrogens is 689 g/mol. The van der Waals surface area contributed by atoms with Gasteiger partial charge in [0, 0.05) is 48.6 Å². The molecule has 0 spiro atoms. The van der Waals surface area contributed by atoms with Gasteiger partial charge < -0.3 is 9.13 Å². The molecule has 0 aliphatic heterocycles. The van der Waals surface area contributed by atoms with Crippen LogP contribution in [0.25, 0.3) is 109 Å². The number of nitrogens with zero attached hydrogens (tertiary/aromatic N) is 4. The van der Waals surface area contributed by atoms with Crippen LogP contribution in [0.1, 0.15) is 0 Å². The second-order valence-electron chi connectivity index (χ2n) is 14.2. The Labute approximate surface area is 319 Å². The molecule has 12 rings (SSSR count).